The van der Waals surface area contributed by atoms with Crippen molar-refractivity contribution in [1.82, 2.24) is 9.80 Å². The van der Waals surface area contributed by atoms with Gasteiger partial charge in [-0.1, -0.05) is 6.07 Å². The molecular weight excluding hydrogens is 364 g/mol. The molecular formula is C24H32N2O3. The molecule has 4 bridgehead atoms. The first-order valence-corrected chi connectivity index (χ1v) is 11.4. The number of carbonyl (C=O) groups is 2. The van der Waals surface area contributed by atoms with Crippen LogP contribution in [0.1, 0.15) is 61.7 Å². The van der Waals surface area contributed by atoms with Crippen molar-refractivity contribution < 1.29 is 14.7 Å². The summed E-state index contributed by atoms with van der Waals surface area (Å²) in [6.07, 6.45) is 9.55. The fraction of sp³-hybridized carbons (Fsp3) is 0.667. The van der Waals surface area contributed by atoms with E-state index in [1.54, 1.807) is 18.2 Å². The van der Waals surface area contributed by atoms with Crippen LogP contribution in [0.4, 0.5) is 0 Å². The van der Waals surface area contributed by atoms with Crippen molar-refractivity contribution in [3.05, 3.63) is 29.8 Å². The third-order valence-corrected chi connectivity index (χ3v) is 7.92. The number of carbonyl (C=O) groups excluding carboxylic acids is 2. The van der Waals surface area contributed by atoms with Crippen molar-refractivity contribution in [3.63, 3.8) is 0 Å². The van der Waals surface area contributed by atoms with Crippen molar-refractivity contribution in [3.8, 4) is 5.75 Å². The van der Waals surface area contributed by atoms with Gasteiger partial charge in [-0.15, -0.1) is 0 Å². The summed E-state index contributed by atoms with van der Waals surface area (Å²) in [4.78, 5) is 29.8. The lowest BCUT2D eigenvalue weighted by molar-refractivity contribution is -0.139. The van der Waals surface area contributed by atoms with E-state index in [4.69, 9.17) is 0 Å². The van der Waals surface area contributed by atoms with Crippen LogP contribution in [-0.2, 0) is 4.79 Å². The topological polar surface area (TPSA) is 60.9 Å². The molecule has 1 aliphatic heterocycles. The highest BCUT2D eigenvalue weighted by atomic mass is 16.3. The number of phenolic OH excluding ortho intramolecular Hbond substituents is 1. The Bertz CT molecular complexity index is 770. The smallest absolute Gasteiger partial charge is 0.254 e. The highest BCUT2D eigenvalue weighted by molar-refractivity contribution is 5.94. The minimum absolute atomic E-state index is 0.0590. The molecule has 1 heterocycles. The molecule has 2 amide bonds. The van der Waals surface area contributed by atoms with Gasteiger partial charge in [-0.2, -0.15) is 0 Å². The van der Waals surface area contributed by atoms with E-state index < -0.39 is 0 Å². The molecule has 1 N–H and O–H groups in total. The van der Waals surface area contributed by atoms with Crippen LogP contribution >= 0.6 is 0 Å². The largest absolute Gasteiger partial charge is 0.508 e. The molecule has 1 saturated heterocycles. The van der Waals surface area contributed by atoms with Gasteiger partial charge in [0.25, 0.3) is 5.91 Å². The van der Waals surface area contributed by atoms with Gasteiger partial charge in [0.15, 0.2) is 0 Å². The maximum atomic E-state index is 13.2. The summed E-state index contributed by atoms with van der Waals surface area (Å²) in [5.41, 5.74) is 0.785. The Balaban J connectivity index is 1.21. The Morgan fingerprint density at radius 3 is 2.21 bits per heavy atom. The molecule has 5 heteroatoms. The van der Waals surface area contributed by atoms with E-state index in [0.717, 1.165) is 37.1 Å². The van der Waals surface area contributed by atoms with Crippen molar-refractivity contribution in [2.45, 2.75) is 51.4 Å². The molecule has 1 aromatic rings. The SMILES string of the molecule is O=C(CC12CC3CC(CC(C3)C1)C2)N1CCCN(C(=O)c2cccc(O)c2)CC1. The zero-order chi connectivity index (χ0) is 20.0. The van der Waals surface area contributed by atoms with Crippen molar-refractivity contribution in [2.75, 3.05) is 26.2 Å². The number of amides is 2. The Hall–Kier alpha value is -2.04. The van der Waals surface area contributed by atoms with E-state index in [2.05, 4.69) is 0 Å². The van der Waals surface area contributed by atoms with Crippen molar-refractivity contribution >= 4 is 11.8 Å². The molecule has 4 aliphatic carbocycles. The first-order chi connectivity index (χ1) is 14.0. The molecule has 0 spiro atoms. The summed E-state index contributed by atoms with van der Waals surface area (Å²) in [6.45, 7) is 2.60. The summed E-state index contributed by atoms with van der Waals surface area (Å²) in [6, 6.07) is 6.53. The zero-order valence-corrected chi connectivity index (χ0v) is 17.2. The minimum Gasteiger partial charge on any atom is -0.508 e. The second kappa shape index (κ2) is 7.33. The molecule has 29 heavy (non-hydrogen) atoms. The van der Waals surface area contributed by atoms with E-state index in [1.807, 2.05) is 9.80 Å². The Labute approximate surface area is 173 Å². The van der Waals surface area contributed by atoms with Crippen LogP contribution in [0, 0.1) is 23.2 Å². The van der Waals surface area contributed by atoms with Gasteiger partial charge in [0, 0.05) is 38.2 Å². The lowest BCUT2D eigenvalue weighted by atomic mass is 9.49. The Morgan fingerprint density at radius 1 is 0.931 bits per heavy atom. The normalized spacial score (nSPS) is 33.6. The predicted octanol–water partition coefficient (Wildman–Crippen LogP) is 3.67. The molecule has 5 aliphatic rings. The molecule has 0 radical (unpaired) electrons. The van der Waals surface area contributed by atoms with Crippen LogP contribution in [0.15, 0.2) is 24.3 Å². The third kappa shape index (κ3) is 3.76. The number of aromatic hydroxyl groups is 1. The number of nitrogens with zero attached hydrogens (tertiary/aromatic N) is 2. The molecule has 0 aromatic heterocycles. The van der Waals surface area contributed by atoms with E-state index in [-0.39, 0.29) is 17.1 Å². The number of phenols is 1. The fourth-order valence-corrected chi connectivity index (χ4v) is 7.13. The molecule has 156 valence electrons. The summed E-state index contributed by atoms with van der Waals surface area (Å²) >= 11 is 0. The highest BCUT2D eigenvalue weighted by Crippen LogP contribution is 2.61. The number of rotatable bonds is 3. The van der Waals surface area contributed by atoms with Gasteiger partial charge in [-0.25, -0.2) is 0 Å². The molecule has 4 saturated carbocycles. The Kier molecular flexibility index (Phi) is 4.79. The standard InChI is InChI=1S/C24H32N2O3/c27-21-4-1-3-20(12-21)23(29)26-6-2-5-25(7-8-26)22(28)16-24-13-17-9-18(14-24)11-19(10-17)15-24/h1,3-4,12,17-19,27H,2,5-11,13-16H2. The van der Waals surface area contributed by atoms with Crippen molar-refractivity contribution in [2.24, 2.45) is 23.2 Å². The lowest BCUT2D eigenvalue weighted by Gasteiger charge is -2.57. The number of hydrogen-bond donors (Lipinski definition) is 1. The van der Waals surface area contributed by atoms with Gasteiger partial charge in [-0.05, 0) is 86.3 Å². The maximum Gasteiger partial charge on any atom is 0.254 e. The van der Waals surface area contributed by atoms with Crippen molar-refractivity contribution in [1.29, 1.82) is 0 Å². The molecule has 1 aromatic carbocycles. The third-order valence-electron chi connectivity index (χ3n) is 7.92. The highest BCUT2D eigenvalue weighted by Gasteiger charge is 2.51. The molecule has 6 rings (SSSR count). The van der Waals surface area contributed by atoms with E-state index in [1.165, 1.54) is 44.6 Å². The summed E-state index contributed by atoms with van der Waals surface area (Å²) < 4.78 is 0. The van der Waals surface area contributed by atoms with E-state index in [9.17, 15) is 14.7 Å². The second-order valence-corrected chi connectivity index (χ2v) is 10.2. The number of benzene rings is 1. The summed E-state index contributed by atoms with van der Waals surface area (Å²) in [5, 5.41) is 9.66. The summed E-state index contributed by atoms with van der Waals surface area (Å²) in [7, 11) is 0. The second-order valence-electron chi connectivity index (χ2n) is 10.2. The van der Waals surface area contributed by atoms with Gasteiger partial charge in [-0.3, -0.25) is 9.59 Å². The van der Waals surface area contributed by atoms with Crippen LogP contribution < -0.4 is 0 Å². The van der Waals surface area contributed by atoms with E-state index in [0.29, 0.717) is 31.1 Å². The predicted molar refractivity (Wildman–Crippen MR) is 110 cm³/mol. The molecule has 5 nitrogen and oxygen atoms in total. The van der Waals surface area contributed by atoms with Crippen LogP contribution in [0.2, 0.25) is 0 Å². The quantitative estimate of drug-likeness (QED) is 0.848. The van der Waals surface area contributed by atoms with Gasteiger partial charge in [0.05, 0.1) is 0 Å². The first kappa shape index (κ1) is 19.0. The molecule has 0 atom stereocenters. The van der Waals surface area contributed by atoms with Gasteiger partial charge in [0.2, 0.25) is 5.91 Å². The first-order valence-electron chi connectivity index (χ1n) is 11.4. The Morgan fingerprint density at radius 2 is 1.55 bits per heavy atom. The molecule has 0 unspecified atom stereocenters. The van der Waals surface area contributed by atoms with Crippen LogP contribution in [0.3, 0.4) is 0 Å². The monoisotopic (exact) mass is 396 g/mol. The number of hydrogen-bond acceptors (Lipinski definition) is 3. The average Bonchev–Trinajstić information content (AvgIpc) is 2.92. The average molecular weight is 397 g/mol. The van der Waals surface area contributed by atoms with Gasteiger partial charge >= 0.3 is 0 Å². The van der Waals surface area contributed by atoms with E-state index >= 15 is 0 Å². The molecule has 5 fully saturated rings. The van der Waals surface area contributed by atoms with Crippen LogP contribution in [0.5, 0.6) is 5.75 Å². The fourth-order valence-electron chi connectivity index (χ4n) is 7.13. The van der Waals surface area contributed by atoms with Crippen LogP contribution in [0.25, 0.3) is 0 Å². The zero-order valence-electron chi connectivity index (χ0n) is 17.2. The van der Waals surface area contributed by atoms with Gasteiger partial charge < -0.3 is 14.9 Å². The summed E-state index contributed by atoms with van der Waals surface area (Å²) in [5.74, 6) is 2.96. The minimum atomic E-state index is -0.0590. The lowest BCUT2D eigenvalue weighted by Crippen LogP contribution is -2.48. The van der Waals surface area contributed by atoms with Gasteiger partial charge in [0.1, 0.15) is 5.75 Å². The van der Waals surface area contributed by atoms with Crippen LogP contribution in [-0.4, -0.2) is 52.9 Å². The maximum absolute atomic E-state index is 13.2.